The second kappa shape index (κ2) is 5.78. The quantitative estimate of drug-likeness (QED) is 0.703. The Balaban J connectivity index is 2.21. The predicted molar refractivity (Wildman–Crippen MR) is 91.6 cm³/mol. The van der Waals surface area contributed by atoms with Gasteiger partial charge in [0.25, 0.3) is 0 Å². The van der Waals surface area contributed by atoms with Gasteiger partial charge in [-0.05, 0) is 25.0 Å². The van der Waals surface area contributed by atoms with Crippen molar-refractivity contribution in [1.29, 1.82) is 0 Å². The van der Waals surface area contributed by atoms with E-state index >= 15 is 0 Å². The van der Waals surface area contributed by atoms with Crippen LogP contribution in [0, 0.1) is 13.8 Å². The smallest absolute Gasteiger partial charge is 0.346 e. The summed E-state index contributed by atoms with van der Waals surface area (Å²) in [4.78, 5) is 12.0. The van der Waals surface area contributed by atoms with Crippen molar-refractivity contribution in [1.82, 2.24) is 0 Å². The van der Waals surface area contributed by atoms with Crippen molar-refractivity contribution in [3.63, 3.8) is 0 Å². The molecule has 2 aromatic carbocycles. The summed E-state index contributed by atoms with van der Waals surface area (Å²) in [5.41, 5.74) is 6.12. The SMILES string of the molecule is Cc1ccc(-c2csc(C(=O)O)c2-c2ccc(C)cc2)cc1. The van der Waals surface area contributed by atoms with Crippen molar-refractivity contribution < 1.29 is 9.90 Å². The van der Waals surface area contributed by atoms with Crippen LogP contribution >= 0.6 is 11.3 Å². The summed E-state index contributed by atoms with van der Waals surface area (Å²) >= 11 is 1.28. The molecule has 0 bridgehead atoms. The first-order chi connectivity index (χ1) is 10.6. The van der Waals surface area contributed by atoms with Gasteiger partial charge in [-0.1, -0.05) is 59.7 Å². The molecule has 1 N–H and O–H groups in total. The van der Waals surface area contributed by atoms with Gasteiger partial charge in [0.2, 0.25) is 0 Å². The monoisotopic (exact) mass is 308 g/mol. The van der Waals surface area contributed by atoms with Gasteiger partial charge in [-0.2, -0.15) is 0 Å². The lowest BCUT2D eigenvalue weighted by Crippen LogP contribution is -1.95. The van der Waals surface area contributed by atoms with E-state index in [1.54, 1.807) is 0 Å². The molecule has 3 aromatic rings. The number of hydrogen-bond donors (Lipinski definition) is 1. The molecule has 0 spiro atoms. The van der Waals surface area contributed by atoms with Gasteiger partial charge in [0, 0.05) is 16.5 Å². The number of rotatable bonds is 3. The highest BCUT2D eigenvalue weighted by Gasteiger charge is 2.19. The molecule has 1 aromatic heterocycles. The Bertz CT molecular complexity index is 812. The molecule has 0 radical (unpaired) electrons. The van der Waals surface area contributed by atoms with Crippen molar-refractivity contribution in [2.45, 2.75) is 13.8 Å². The van der Waals surface area contributed by atoms with Crippen LogP contribution in [0.5, 0.6) is 0 Å². The number of aryl methyl sites for hydroxylation is 2. The maximum Gasteiger partial charge on any atom is 0.346 e. The van der Waals surface area contributed by atoms with Gasteiger partial charge in [-0.3, -0.25) is 0 Å². The highest BCUT2D eigenvalue weighted by Crippen LogP contribution is 2.39. The molecule has 110 valence electrons. The normalized spacial score (nSPS) is 10.6. The molecular weight excluding hydrogens is 292 g/mol. The Kier molecular flexibility index (Phi) is 3.82. The molecule has 22 heavy (non-hydrogen) atoms. The average Bonchev–Trinajstić information content (AvgIpc) is 2.94. The minimum Gasteiger partial charge on any atom is -0.477 e. The largest absolute Gasteiger partial charge is 0.477 e. The van der Waals surface area contributed by atoms with Crippen molar-refractivity contribution in [3.05, 3.63) is 69.9 Å². The predicted octanol–water partition coefficient (Wildman–Crippen LogP) is 5.40. The number of hydrogen-bond acceptors (Lipinski definition) is 2. The Hall–Kier alpha value is -2.39. The van der Waals surface area contributed by atoms with Gasteiger partial charge < -0.3 is 5.11 Å². The third-order valence-electron chi connectivity index (χ3n) is 3.69. The third kappa shape index (κ3) is 2.68. The second-order valence-electron chi connectivity index (χ2n) is 5.39. The Morgan fingerprint density at radius 1 is 0.864 bits per heavy atom. The second-order valence-corrected chi connectivity index (χ2v) is 6.27. The molecule has 0 aliphatic carbocycles. The van der Waals surface area contributed by atoms with Crippen LogP contribution in [0.15, 0.2) is 53.9 Å². The van der Waals surface area contributed by atoms with Crippen LogP contribution in [-0.4, -0.2) is 11.1 Å². The standard InChI is InChI=1S/C19H16O2S/c1-12-3-7-14(8-4-12)16-11-22-18(19(20)21)17(16)15-9-5-13(2)6-10-15/h3-11H,1-2H3,(H,20,21). The van der Waals surface area contributed by atoms with Crippen molar-refractivity contribution in [3.8, 4) is 22.3 Å². The molecule has 0 aliphatic rings. The van der Waals surface area contributed by atoms with E-state index < -0.39 is 5.97 Å². The van der Waals surface area contributed by atoms with E-state index in [4.69, 9.17) is 0 Å². The van der Waals surface area contributed by atoms with Crippen LogP contribution in [0.1, 0.15) is 20.8 Å². The maximum atomic E-state index is 11.6. The summed E-state index contributed by atoms with van der Waals surface area (Å²) in [5.74, 6) is -0.876. The van der Waals surface area contributed by atoms with Gasteiger partial charge >= 0.3 is 5.97 Å². The Morgan fingerprint density at radius 3 is 1.86 bits per heavy atom. The van der Waals surface area contributed by atoms with E-state index in [9.17, 15) is 9.90 Å². The van der Waals surface area contributed by atoms with Crippen LogP contribution in [0.2, 0.25) is 0 Å². The number of carbonyl (C=O) groups is 1. The van der Waals surface area contributed by atoms with Gasteiger partial charge in [0.1, 0.15) is 4.88 Å². The molecule has 0 saturated carbocycles. The van der Waals surface area contributed by atoms with Crippen LogP contribution in [0.3, 0.4) is 0 Å². The number of thiophene rings is 1. The lowest BCUT2D eigenvalue weighted by atomic mass is 9.96. The Morgan fingerprint density at radius 2 is 1.36 bits per heavy atom. The summed E-state index contributed by atoms with van der Waals surface area (Å²) in [5, 5.41) is 11.4. The van der Waals surface area contributed by atoms with Crippen molar-refractivity contribution in [2.24, 2.45) is 0 Å². The lowest BCUT2D eigenvalue weighted by Gasteiger charge is -2.08. The van der Waals surface area contributed by atoms with Crippen LogP contribution in [-0.2, 0) is 0 Å². The summed E-state index contributed by atoms with van der Waals surface area (Å²) in [6, 6.07) is 16.2. The van der Waals surface area contributed by atoms with E-state index in [0.29, 0.717) is 4.88 Å². The van der Waals surface area contributed by atoms with E-state index in [1.807, 2.05) is 67.8 Å². The number of carboxylic acid groups (broad SMARTS) is 1. The fourth-order valence-corrected chi connectivity index (χ4v) is 3.40. The fraction of sp³-hybridized carbons (Fsp3) is 0.105. The third-order valence-corrected chi connectivity index (χ3v) is 4.66. The number of benzene rings is 2. The van der Waals surface area contributed by atoms with E-state index in [1.165, 1.54) is 16.9 Å². The van der Waals surface area contributed by atoms with Gasteiger partial charge in [-0.25, -0.2) is 4.79 Å². The molecule has 0 saturated heterocycles. The molecular formula is C19H16O2S. The number of carboxylic acids is 1. The first kappa shape index (κ1) is 14.5. The molecule has 0 fully saturated rings. The summed E-state index contributed by atoms with van der Waals surface area (Å²) in [6.07, 6.45) is 0. The zero-order valence-electron chi connectivity index (χ0n) is 12.5. The van der Waals surface area contributed by atoms with E-state index in [2.05, 4.69) is 0 Å². The molecule has 2 nitrogen and oxygen atoms in total. The topological polar surface area (TPSA) is 37.3 Å². The summed E-state index contributed by atoms with van der Waals surface area (Å²) < 4.78 is 0. The molecule has 3 heteroatoms. The van der Waals surface area contributed by atoms with Crippen LogP contribution in [0.25, 0.3) is 22.3 Å². The summed E-state index contributed by atoms with van der Waals surface area (Å²) in [7, 11) is 0. The number of aromatic carboxylic acids is 1. The fourth-order valence-electron chi connectivity index (χ4n) is 2.47. The van der Waals surface area contributed by atoms with Crippen molar-refractivity contribution >= 4 is 17.3 Å². The molecule has 0 atom stereocenters. The maximum absolute atomic E-state index is 11.6. The van der Waals surface area contributed by atoms with Gasteiger partial charge in [0.15, 0.2) is 0 Å². The molecule has 3 rings (SSSR count). The highest BCUT2D eigenvalue weighted by atomic mass is 32.1. The average molecular weight is 308 g/mol. The highest BCUT2D eigenvalue weighted by molar-refractivity contribution is 7.13. The first-order valence-corrected chi connectivity index (χ1v) is 7.93. The zero-order valence-corrected chi connectivity index (χ0v) is 13.3. The Labute approximate surface area is 133 Å². The minimum atomic E-state index is -0.876. The minimum absolute atomic E-state index is 0.388. The zero-order chi connectivity index (χ0) is 15.7. The van der Waals surface area contributed by atoms with Crippen LogP contribution in [0.4, 0.5) is 0 Å². The molecule has 0 aliphatic heterocycles. The molecule has 1 heterocycles. The molecule has 0 amide bonds. The van der Waals surface area contributed by atoms with E-state index in [-0.39, 0.29) is 0 Å². The first-order valence-electron chi connectivity index (χ1n) is 7.05. The molecule has 0 unspecified atom stereocenters. The van der Waals surface area contributed by atoms with Gasteiger partial charge in [0.05, 0.1) is 0 Å². The summed E-state index contributed by atoms with van der Waals surface area (Å²) in [6.45, 7) is 4.07. The van der Waals surface area contributed by atoms with Gasteiger partial charge in [-0.15, -0.1) is 11.3 Å². The van der Waals surface area contributed by atoms with Crippen molar-refractivity contribution in [2.75, 3.05) is 0 Å². The lowest BCUT2D eigenvalue weighted by molar-refractivity contribution is 0.0703. The van der Waals surface area contributed by atoms with E-state index in [0.717, 1.165) is 27.8 Å². The van der Waals surface area contributed by atoms with Crippen LogP contribution < -0.4 is 0 Å².